The minimum atomic E-state index is -4.42. The summed E-state index contributed by atoms with van der Waals surface area (Å²) in [5.41, 5.74) is 0. The summed E-state index contributed by atoms with van der Waals surface area (Å²) in [5, 5.41) is 0. The Balaban J connectivity index is 1.92. The molecule has 0 aromatic heterocycles. The number of rotatable bonds is 2. The standard InChI is InChI=1S/C7H11FO4S/c8-13(9,10)4-5-3-7-6(12-5)1-2-11-7/h5-7H,1-4H2/t5-,6+,7+/m0/s1. The average molecular weight is 210 g/mol. The summed E-state index contributed by atoms with van der Waals surface area (Å²) in [6.07, 6.45) is 0.713. The third kappa shape index (κ3) is 2.18. The molecular formula is C7H11FO4S. The Labute approximate surface area is 76.2 Å². The first-order valence-corrected chi connectivity index (χ1v) is 5.79. The molecule has 0 spiro atoms. The molecule has 0 aromatic rings. The number of halogens is 1. The van der Waals surface area contributed by atoms with Gasteiger partial charge in [0.1, 0.15) is 5.75 Å². The highest BCUT2D eigenvalue weighted by atomic mass is 32.3. The van der Waals surface area contributed by atoms with Crippen molar-refractivity contribution in [3.63, 3.8) is 0 Å². The molecule has 76 valence electrons. The van der Waals surface area contributed by atoms with Crippen molar-refractivity contribution in [2.45, 2.75) is 31.2 Å². The van der Waals surface area contributed by atoms with Crippen molar-refractivity contribution in [3.05, 3.63) is 0 Å². The molecule has 0 aliphatic carbocycles. The second kappa shape index (κ2) is 3.18. The van der Waals surface area contributed by atoms with Crippen LogP contribution in [0.2, 0.25) is 0 Å². The molecule has 0 radical (unpaired) electrons. The molecule has 3 atom stereocenters. The summed E-state index contributed by atoms with van der Waals surface area (Å²) < 4.78 is 43.5. The highest BCUT2D eigenvalue weighted by molar-refractivity contribution is 7.86. The molecule has 2 aliphatic heterocycles. The molecule has 0 aromatic carbocycles. The van der Waals surface area contributed by atoms with Crippen molar-refractivity contribution in [2.75, 3.05) is 12.4 Å². The quantitative estimate of drug-likeness (QED) is 0.612. The van der Waals surface area contributed by atoms with Crippen LogP contribution in [0.25, 0.3) is 0 Å². The van der Waals surface area contributed by atoms with E-state index in [1.165, 1.54) is 0 Å². The van der Waals surface area contributed by atoms with Gasteiger partial charge in [-0.25, -0.2) is 0 Å². The van der Waals surface area contributed by atoms with Crippen LogP contribution in [0.15, 0.2) is 0 Å². The molecule has 0 N–H and O–H groups in total. The van der Waals surface area contributed by atoms with Crippen LogP contribution in [0, 0.1) is 0 Å². The van der Waals surface area contributed by atoms with E-state index >= 15 is 0 Å². The van der Waals surface area contributed by atoms with Gasteiger partial charge in [0.05, 0.1) is 18.3 Å². The van der Waals surface area contributed by atoms with Gasteiger partial charge in [-0.15, -0.1) is 3.89 Å². The van der Waals surface area contributed by atoms with E-state index in [0.717, 1.165) is 6.42 Å². The molecule has 2 heterocycles. The Hall–Kier alpha value is -0.200. The Morgan fingerprint density at radius 2 is 2.15 bits per heavy atom. The molecule has 0 bridgehead atoms. The van der Waals surface area contributed by atoms with Gasteiger partial charge in [0.2, 0.25) is 0 Å². The third-order valence-corrected chi connectivity index (χ3v) is 3.17. The average Bonchev–Trinajstić information content (AvgIpc) is 2.40. The molecule has 0 unspecified atom stereocenters. The third-order valence-electron chi connectivity index (χ3n) is 2.40. The SMILES string of the molecule is O=S(=O)(F)C[C@@H]1C[C@H]2OCC[C@H]2O1. The van der Waals surface area contributed by atoms with Crippen LogP contribution >= 0.6 is 0 Å². The van der Waals surface area contributed by atoms with Gasteiger partial charge in [-0.3, -0.25) is 0 Å². The fraction of sp³-hybridized carbons (Fsp3) is 1.00. The van der Waals surface area contributed by atoms with Gasteiger partial charge in [-0.05, 0) is 6.42 Å². The maximum atomic E-state index is 12.3. The zero-order valence-corrected chi connectivity index (χ0v) is 7.80. The van der Waals surface area contributed by atoms with Gasteiger partial charge >= 0.3 is 10.2 Å². The number of hydrogen-bond donors (Lipinski definition) is 0. The summed E-state index contributed by atoms with van der Waals surface area (Å²) in [6, 6.07) is 0. The normalized spacial score (nSPS) is 39.3. The zero-order valence-electron chi connectivity index (χ0n) is 6.98. The number of hydrogen-bond acceptors (Lipinski definition) is 4. The van der Waals surface area contributed by atoms with Crippen molar-refractivity contribution in [2.24, 2.45) is 0 Å². The van der Waals surface area contributed by atoms with Crippen LogP contribution < -0.4 is 0 Å². The predicted octanol–water partition coefficient (Wildman–Crippen LogP) is 0.232. The number of fused-ring (bicyclic) bond motifs is 1. The molecule has 2 fully saturated rings. The second-order valence-corrected chi connectivity index (χ2v) is 4.85. The van der Waals surface area contributed by atoms with Crippen LogP contribution in [0.1, 0.15) is 12.8 Å². The summed E-state index contributed by atoms with van der Waals surface area (Å²) in [5.74, 6) is -0.538. The Morgan fingerprint density at radius 3 is 2.77 bits per heavy atom. The topological polar surface area (TPSA) is 52.6 Å². The Bertz CT molecular complexity index is 277. The lowest BCUT2D eigenvalue weighted by Gasteiger charge is -2.08. The van der Waals surface area contributed by atoms with E-state index in [-0.39, 0.29) is 12.2 Å². The molecule has 0 saturated carbocycles. The Morgan fingerprint density at radius 1 is 1.38 bits per heavy atom. The van der Waals surface area contributed by atoms with E-state index in [1.807, 2.05) is 0 Å². The van der Waals surface area contributed by atoms with E-state index in [2.05, 4.69) is 0 Å². The fourth-order valence-corrected chi connectivity index (χ4v) is 2.55. The maximum absolute atomic E-state index is 12.3. The highest BCUT2D eigenvalue weighted by Gasteiger charge is 2.41. The van der Waals surface area contributed by atoms with Gasteiger partial charge in [-0.1, -0.05) is 0 Å². The van der Waals surface area contributed by atoms with Gasteiger partial charge in [0.15, 0.2) is 0 Å². The van der Waals surface area contributed by atoms with E-state index in [9.17, 15) is 12.3 Å². The van der Waals surface area contributed by atoms with Crippen LogP contribution in [-0.4, -0.2) is 39.1 Å². The monoisotopic (exact) mass is 210 g/mol. The molecule has 2 aliphatic rings. The zero-order chi connectivity index (χ0) is 9.47. The van der Waals surface area contributed by atoms with E-state index in [0.29, 0.717) is 13.0 Å². The molecule has 13 heavy (non-hydrogen) atoms. The van der Waals surface area contributed by atoms with Gasteiger partial charge in [-0.2, -0.15) is 8.42 Å². The minimum absolute atomic E-state index is 0.0215. The Kier molecular flexibility index (Phi) is 2.29. The summed E-state index contributed by atoms with van der Waals surface area (Å²) in [7, 11) is -4.42. The van der Waals surface area contributed by atoms with E-state index in [1.54, 1.807) is 0 Å². The van der Waals surface area contributed by atoms with Gasteiger partial charge in [0, 0.05) is 13.0 Å². The molecule has 2 rings (SSSR count). The lowest BCUT2D eigenvalue weighted by atomic mass is 10.1. The fourth-order valence-electron chi connectivity index (χ4n) is 1.90. The van der Waals surface area contributed by atoms with Crippen molar-refractivity contribution in [3.8, 4) is 0 Å². The lowest BCUT2D eigenvalue weighted by molar-refractivity contribution is 0.0475. The van der Waals surface area contributed by atoms with Crippen LogP contribution in [-0.2, 0) is 19.7 Å². The van der Waals surface area contributed by atoms with Crippen molar-refractivity contribution >= 4 is 10.2 Å². The van der Waals surface area contributed by atoms with E-state index in [4.69, 9.17) is 9.47 Å². The second-order valence-electron chi connectivity index (χ2n) is 3.44. The minimum Gasteiger partial charge on any atom is -0.375 e. The predicted molar refractivity (Wildman–Crippen MR) is 42.5 cm³/mol. The van der Waals surface area contributed by atoms with Crippen LogP contribution in [0.5, 0.6) is 0 Å². The first kappa shape index (κ1) is 9.36. The molecule has 6 heteroatoms. The molecule has 2 saturated heterocycles. The lowest BCUT2D eigenvalue weighted by Crippen LogP contribution is -2.19. The van der Waals surface area contributed by atoms with Gasteiger partial charge in [0.25, 0.3) is 0 Å². The summed E-state index contributed by atoms with van der Waals surface area (Å²) in [4.78, 5) is 0. The first-order chi connectivity index (χ1) is 6.04. The van der Waals surface area contributed by atoms with Crippen molar-refractivity contribution in [1.82, 2.24) is 0 Å². The first-order valence-electron chi connectivity index (χ1n) is 4.24. The van der Waals surface area contributed by atoms with E-state index < -0.39 is 22.1 Å². The maximum Gasteiger partial charge on any atom is 0.304 e. The van der Waals surface area contributed by atoms with Crippen molar-refractivity contribution < 1.29 is 21.8 Å². The van der Waals surface area contributed by atoms with Crippen LogP contribution in [0.3, 0.4) is 0 Å². The highest BCUT2D eigenvalue weighted by Crippen LogP contribution is 2.30. The largest absolute Gasteiger partial charge is 0.375 e. The van der Waals surface area contributed by atoms with Crippen LogP contribution in [0.4, 0.5) is 3.89 Å². The summed E-state index contributed by atoms with van der Waals surface area (Å²) in [6.45, 7) is 0.657. The molecule has 0 amide bonds. The molecule has 4 nitrogen and oxygen atoms in total. The van der Waals surface area contributed by atoms with Crippen molar-refractivity contribution in [1.29, 1.82) is 0 Å². The number of ether oxygens (including phenoxy) is 2. The van der Waals surface area contributed by atoms with Gasteiger partial charge < -0.3 is 9.47 Å². The molecular weight excluding hydrogens is 199 g/mol. The smallest absolute Gasteiger partial charge is 0.304 e. The summed E-state index contributed by atoms with van der Waals surface area (Å²) >= 11 is 0.